The highest BCUT2D eigenvalue weighted by Gasteiger charge is 2.65. The van der Waals surface area contributed by atoms with Gasteiger partial charge < -0.3 is 0 Å². The maximum atomic E-state index is 13.0. The van der Waals surface area contributed by atoms with Crippen LogP contribution >= 0.6 is 0 Å². The fourth-order valence-electron chi connectivity index (χ4n) is 1.36. The van der Waals surface area contributed by atoms with Crippen LogP contribution in [0.4, 0.5) is 52.7 Å². The molecule has 182 valence electrons. The molecule has 0 radical (unpaired) electrons. The fourth-order valence-corrected chi connectivity index (χ4v) is 3.44. The molecule has 0 aliphatic heterocycles. The molecule has 0 atom stereocenters. The topological polar surface area (TPSA) is 86.7 Å². The molecule has 0 aliphatic rings. The largest absolute Gasteiger partial charge is 0.370 e. The van der Waals surface area contributed by atoms with Crippen molar-refractivity contribution in [3.63, 3.8) is 0 Å². The van der Waals surface area contributed by atoms with Crippen LogP contribution in [-0.2, 0) is 28.6 Å². The predicted molar refractivity (Wildman–Crippen MR) is 71.3 cm³/mol. The first-order valence-electron chi connectivity index (χ1n) is 6.82. The molecule has 0 aliphatic carbocycles. The molecule has 0 saturated heterocycles. The molecular weight excluding hydrogens is 508 g/mol. The molecule has 0 spiro atoms. The van der Waals surface area contributed by atoms with Crippen molar-refractivity contribution in [1.82, 2.24) is 0 Å². The second-order valence-electron chi connectivity index (χ2n) is 5.30. The van der Waals surface area contributed by atoms with E-state index in [1.54, 1.807) is 0 Å². The SMILES string of the molecule is O=S(=O)(CC(F)(F)C(F)(F)C(F)F)OCCOS(=O)(=O)CC(F)(F)C(F)(F)C(F)F. The van der Waals surface area contributed by atoms with Gasteiger partial charge in [0, 0.05) is 0 Å². The van der Waals surface area contributed by atoms with Crippen LogP contribution in [0.1, 0.15) is 0 Å². The standard InChI is InChI=1S/C10H10F12O6S2/c11-5(12)9(19,20)7(15,16)3-29(23,24)27-1-2-28-30(25,26)4-8(17,18)10(21,22)6(13)14/h5-6H,1-4H2. The van der Waals surface area contributed by atoms with E-state index in [2.05, 4.69) is 8.37 Å². The first-order chi connectivity index (χ1) is 13.0. The van der Waals surface area contributed by atoms with Crippen LogP contribution in [0, 0.1) is 0 Å². The average Bonchev–Trinajstić information content (AvgIpc) is 2.48. The number of rotatable bonds is 13. The van der Waals surface area contributed by atoms with Gasteiger partial charge in [-0.15, -0.1) is 0 Å². The first kappa shape index (κ1) is 29.0. The van der Waals surface area contributed by atoms with Gasteiger partial charge in [-0.2, -0.15) is 52.0 Å². The zero-order chi connectivity index (χ0) is 24.4. The molecule has 0 N–H and O–H groups in total. The van der Waals surface area contributed by atoms with E-state index < -0.39 is 81.5 Å². The van der Waals surface area contributed by atoms with Crippen LogP contribution in [0.25, 0.3) is 0 Å². The summed E-state index contributed by atoms with van der Waals surface area (Å²) in [5.41, 5.74) is 0. The van der Waals surface area contributed by atoms with Gasteiger partial charge in [0.15, 0.2) is 0 Å². The van der Waals surface area contributed by atoms with E-state index in [1.807, 2.05) is 0 Å². The first-order valence-corrected chi connectivity index (χ1v) is 9.98. The molecule has 0 heterocycles. The highest BCUT2D eigenvalue weighted by atomic mass is 32.2. The summed E-state index contributed by atoms with van der Waals surface area (Å²) in [5, 5.41) is 0. The van der Waals surface area contributed by atoms with Gasteiger partial charge in [0.2, 0.25) is 0 Å². The zero-order valence-corrected chi connectivity index (χ0v) is 15.4. The average molecular weight is 518 g/mol. The lowest BCUT2D eigenvalue weighted by atomic mass is 10.2. The van der Waals surface area contributed by atoms with E-state index in [4.69, 9.17) is 0 Å². The minimum absolute atomic E-state index is 1.67. The van der Waals surface area contributed by atoms with Crippen molar-refractivity contribution < 1.29 is 77.9 Å². The molecule has 0 bridgehead atoms. The van der Waals surface area contributed by atoms with Gasteiger partial charge in [0.25, 0.3) is 20.2 Å². The Morgan fingerprint density at radius 2 is 0.800 bits per heavy atom. The highest BCUT2D eigenvalue weighted by Crippen LogP contribution is 2.41. The molecule has 0 amide bonds. The van der Waals surface area contributed by atoms with Gasteiger partial charge >= 0.3 is 36.5 Å². The summed E-state index contributed by atoms with van der Waals surface area (Å²) in [6.45, 7) is -3.34. The zero-order valence-electron chi connectivity index (χ0n) is 13.8. The molecule has 0 rings (SSSR count). The van der Waals surface area contributed by atoms with E-state index in [-0.39, 0.29) is 0 Å². The van der Waals surface area contributed by atoms with Crippen molar-refractivity contribution in [2.75, 3.05) is 24.7 Å². The highest BCUT2D eigenvalue weighted by molar-refractivity contribution is 7.87. The maximum Gasteiger partial charge on any atom is 0.370 e. The van der Waals surface area contributed by atoms with Crippen LogP contribution in [0.3, 0.4) is 0 Å². The van der Waals surface area contributed by atoms with Crippen molar-refractivity contribution in [3.05, 3.63) is 0 Å². The Hall–Kier alpha value is -1.02. The van der Waals surface area contributed by atoms with Gasteiger partial charge in [-0.05, 0) is 0 Å². The van der Waals surface area contributed by atoms with Crippen LogP contribution < -0.4 is 0 Å². The number of hydrogen-bond donors (Lipinski definition) is 0. The van der Waals surface area contributed by atoms with Gasteiger partial charge in [-0.1, -0.05) is 0 Å². The van der Waals surface area contributed by atoms with E-state index in [9.17, 15) is 69.5 Å². The summed E-state index contributed by atoms with van der Waals surface area (Å²) in [6.07, 6.45) is -9.96. The van der Waals surface area contributed by atoms with Gasteiger partial charge in [-0.25, -0.2) is 17.6 Å². The van der Waals surface area contributed by atoms with Crippen molar-refractivity contribution in [1.29, 1.82) is 0 Å². The summed E-state index contributed by atoms with van der Waals surface area (Å²) in [4.78, 5) is 0. The quantitative estimate of drug-likeness (QED) is 0.212. The smallest absolute Gasteiger partial charge is 0.267 e. The number of halogens is 12. The summed E-state index contributed by atoms with van der Waals surface area (Å²) in [6, 6.07) is 0. The summed E-state index contributed by atoms with van der Waals surface area (Å²) >= 11 is 0. The molecule has 6 nitrogen and oxygen atoms in total. The van der Waals surface area contributed by atoms with E-state index in [0.717, 1.165) is 0 Å². The van der Waals surface area contributed by atoms with Crippen molar-refractivity contribution in [2.45, 2.75) is 36.5 Å². The molecule has 0 aromatic rings. The Bertz CT molecular complexity index is 713. The molecule has 20 heteroatoms. The van der Waals surface area contributed by atoms with E-state index >= 15 is 0 Å². The third-order valence-corrected chi connectivity index (χ3v) is 5.33. The van der Waals surface area contributed by atoms with Crippen molar-refractivity contribution >= 4 is 20.2 Å². The Kier molecular flexibility index (Phi) is 8.91. The second-order valence-corrected chi connectivity index (χ2v) is 8.58. The Balaban J connectivity index is 4.91. The number of alkyl halides is 12. The van der Waals surface area contributed by atoms with E-state index in [0.29, 0.717) is 0 Å². The van der Waals surface area contributed by atoms with Crippen molar-refractivity contribution in [2.24, 2.45) is 0 Å². The lowest BCUT2D eigenvalue weighted by Crippen LogP contribution is -2.51. The third-order valence-electron chi connectivity index (χ3n) is 2.85. The minimum Gasteiger partial charge on any atom is -0.267 e. The fraction of sp³-hybridized carbons (Fsp3) is 1.00. The summed E-state index contributed by atoms with van der Waals surface area (Å²) in [5.74, 6) is -29.9. The molecule has 0 fully saturated rings. The van der Waals surface area contributed by atoms with Crippen LogP contribution in [0.2, 0.25) is 0 Å². The third kappa shape index (κ3) is 7.29. The Labute approximate surface area is 160 Å². The monoisotopic (exact) mass is 518 g/mol. The van der Waals surface area contributed by atoms with Crippen LogP contribution in [-0.4, -0.2) is 78.1 Å². The summed E-state index contributed by atoms with van der Waals surface area (Å²) in [7, 11) is -11.5. The lowest BCUT2D eigenvalue weighted by Gasteiger charge is -2.25. The maximum absolute atomic E-state index is 13.0. The molecule has 0 saturated carbocycles. The van der Waals surface area contributed by atoms with Gasteiger partial charge in [0.05, 0.1) is 13.2 Å². The van der Waals surface area contributed by atoms with E-state index in [1.165, 1.54) is 0 Å². The summed E-state index contributed by atoms with van der Waals surface area (Å²) < 4.78 is 201. The van der Waals surface area contributed by atoms with Crippen LogP contribution in [0.5, 0.6) is 0 Å². The Morgan fingerprint density at radius 3 is 1.00 bits per heavy atom. The lowest BCUT2D eigenvalue weighted by molar-refractivity contribution is -0.253. The predicted octanol–water partition coefficient (Wildman–Crippen LogP) is 2.75. The second kappa shape index (κ2) is 9.23. The molecular formula is C10H10F12O6S2. The van der Waals surface area contributed by atoms with Crippen molar-refractivity contribution in [3.8, 4) is 0 Å². The van der Waals surface area contributed by atoms with Gasteiger partial charge in [-0.3, -0.25) is 8.37 Å². The minimum atomic E-state index is -6.11. The molecule has 0 aromatic heterocycles. The number of hydrogen-bond acceptors (Lipinski definition) is 6. The Morgan fingerprint density at radius 1 is 0.567 bits per heavy atom. The molecule has 30 heavy (non-hydrogen) atoms. The molecule has 0 unspecified atom stereocenters. The van der Waals surface area contributed by atoms with Gasteiger partial charge in [0.1, 0.15) is 11.5 Å². The normalized spacial score (nSPS) is 15.3. The molecule has 0 aromatic carbocycles. The van der Waals surface area contributed by atoms with Crippen LogP contribution in [0.15, 0.2) is 0 Å².